The van der Waals surface area contributed by atoms with Crippen molar-refractivity contribution in [2.45, 2.75) is 51.0 Å². The van der Waals surface area contributed by atoms with Crippen LogP contribution in [0.4, 0.5) is 0 Å². The Morgan fingerprint density at radius 3 is 2.40 bits per heavy atom. The maximum atomic E-state index is 12.6. The topological polar surface area (TPSA) is 49.4 Å². The predicted molar refractivity (Wildman–Crippen MR) is 123 cm³/mol. The summed E-state index contributed by atoms with van der Waals surface area (Å²) in [6.45, 7) is 1.41. The van der Waals surface area contributed by atoms with Crippen LogP contribution in [0.1, 0.15) is 49.8 Å². The summed E-state index contributed by atoms with van der Waals surface area (Å²) in [5.41, 5.74) is 1.20. The van der Waals surface area contributed by atoms with Crippen LogP contribution < -0.4 is 5.32 Å². The van der Waals surface area contributed by atoms with Crippen molar-refractivity contribution in [1.29, 1.82) is 0 Å². The molecule has 0 radical (unpaired) electrons. The number of hydrogen-bond acceptors (Lipinski definition) is 3. The first-order chi connectivity index (χ1) is 14.7. The SMILES string of the molecule is O=C(NC1CCN(C(=O)/C=C/c2ccc(-c3ccccc3)s2)CC1)C1CCCCC1. The highest BCUT2D eigenvalue weighted by Gasteiger charge is 2.26. The Kier molecular flexibility index (Phi) is 7.00. The summed E-state index contributed by atoms with van der Waals surface area (Å²) >= 11 is 1.69. The molecule has 1 saturated heterocycles. The van der Waals surface area contributed by atoms with E-state index in [1.807, 2.05) is 29.2 Å². The monoisotopic (exact) mass is 422 g/mol. The lowest BCUT2D eigenvalue weighted by Gasteiger charge is -2.33. The third kappa shape index (κ3) is 5.39. The third-order valence-corrected chi connectivity index (χ3v) is 7.30. The lowest BCUT2D eigenvalue weighted by atomic mass is 9.88. The standard InChI is InChI=1S/C25H30N2O2S/c28-24(14-12-22-11-13-23(30-22)19-7-3-1-4-8-19)27-17-15-21(16-18-27)26-25(29)20-9-5-2-6-10-20/h1,3-4,7-8,11-14,20-21H,2,5-6,9-10,15-18H2,(H,26,29)/b14-12+. The molecule has 2 heterocycles. The van der Waals surface area contributed by atoms with Crippen LogP contribution in [-0.2, 0) is 9.59 Å². The van der Waals surface area contributed by atoms with Crippen molar-refractivity contribution in [3.8, 4) is 10.4 Å². The number of thiophene rings is 1. The van der Waals surface area contributed by atoms with E-state index < -0.39 is 0 Å². The average molecular weight is 423 g/mol. The van der Waals surface area contributed by atoms with Gasteiger partial charge >= 0.3 is 0 Å². The van der Waals surface area contributed by atoms with Gasteiger partial charge in [-0.05, 0) is 49.5 Å². The Labute approximate surface area is 183 Å². The van der Waals surface area contributed by atoms with E-state index in [4.69, 9.17) is 0 Å². The van der Waals surface area contributed by atoms with Crippen molar-refractivity contribution in [2.75, 3.05) is 13.1 Å². The maximum absolute atomic E-state index is 12.6. The molecular weight excluding hydrogens is 392 g/mol. The molecule has 2 amide bonds. The molecular formula is C25H30N2O2S. The van der Waals surface area contributed by atoms with Gasteiger partial charge in [-0.2, -0.15) is 0 Å². The Balaban J connectivity index is 1.24. The van der Waals surface area contributed by atoms with E-state index in [0.29, 0.717) is 13.1 Å². The highest BCUT2D eigenvalue weighted by atomic mass is 32.1. The van der Waals surface area contributed by atoms with Crippen molar-refractivity contribution in [3.63, 3.8) is 0 Å². The molecule has 1 aliphatic carbocycles. The number of carbonyl (C=O) groups excluding carboxylic acids is 2. The van der Waals surface area contributed by atoms with Crippen LogP contribution in [0.25, 0.3) is 16.5 Å². The molecule has 5 heteroatoms. The highest BCUT2D eigenvalue weighted by molar-refractivity contribution is 7.16. The molecule has 1 aliphatic heterocycles. The van der Waals surface area contributed by atoms with E-state index in [2.05, 4.69) is 29.6 Å². The molecule has 0 bridgehead atoms. The summed E-state index contributed by atoms with van der Waals surface area (Å²) in [6.07, 6.45) is 11.0. The van der Waals surface area contributed by atoms with Crippen LogP contribution in [0.3, 0.4) is 0 Å². The lowest BCUT2D eigenvalue weighted by molar-refractivity contribution is -0.128. The molecule has 1 saturated carbocycles. The Morgan fingerprint density at radius 2 is 1.67 bits per heavy atom. The van der Waals surface area contributed by atoms with Gasteiger partial charge in [-0.1, -0.05) is 49.6 Å². The van der Waals surface area contributed by atoms with E-state index in [-0.39, 0.29) is 23.8 Å². The number of rotatable bonds is 5. The van der Waals surface area contributed by atoms with E-state index in [0.717, 1.165) is 30.6 Å². The molecule has 0 atom stereocenters. The fourth-order valence-electron chi connectivity index (χ4n) is 4.39. The molecule has 0 spiro atoms. The van der Waals surface area contributed by atoms with Gasteiger partial charge in [-0.15, -0.1) is 11.3 Å². The number of amides is 2. The number of nitrogens with one attached hydrogen (secondary N) is 1. The van der Waals surface area contributed by atoms with Gasteiger partial charge in [-0.25, -0.2) is 0 Å². The number of carbonyl (C=O) groups is 2. The molecule has 2 fully saturated rings. The smallest absolute Gasteiger partial charge is 0.246 e. The number of likely N-dealkylation sites (tertiary alicyclic amines) is 1. The van der Waals surface area contributed by atoms with Crippen LogP contribution in [-0.4, -0.2) is 35.8 Å². The molecule has 1 aromatic heterocycles. The molecule has 0 unspecified atom stereocenters. The van der Waals surface area contributed by atoms with E-state index in [1.54, 1.807) is 17.4 Å². The summed E-state index contributed by atoms with van der Waals surface area (Å²) in [4.78, 5) is 29.2. The summed E-state index contributed by atoms with van der Waals surface area (Å²) in [7, 11) is 0. The van der Waals surface area contributed by atoms with Crippen LogP contribution in [0.5, 0.6) is 0 Å². The highest BCUT2D eigenvalue weighted by Crippen LogP contribution is 2.28. The van der Waals surface area contributed by atoms with Gasteiger partial charge in [0, 0.05) is 40.9 Å². The Hall–Kier alpha value is -2.40. The summed E-state index contributed by atoms with van der Waals surface area (Å²) in [5, 5.41) is 3.23. The second kappa shape index (κ2) is 10.1. The molecule has 2 aliphatic rings. The van der Waals surface area contributed by atoms with Crippen molar-refractivity contribution >= 4 is 29.2 Å². The van der Waals surface area contributed by atoms with Gasteiger partial charge in [0.1, 0.15) is 0 Å². The fourth-order valence-corrected chi connectivity index (χ4v) is 5.30. The van der Waals surface area contributed by atoms with Crippen LogP contribution in [0, 0.1) is 5.92 Å². The largest absolute Gasteiger partial charge is 0.353 e. The first kappa shape index (κ1) is 20.9. The lowest BCUT2D eigenvalue weighted by Crippen LogP contribution is -2.47. The van der Waals surface area contributed by atoms with Gasteiger partial charge in [-0.3, -0.25) is 9.59 Å². The quantitative estimate of drug-likeness (QED) is 0.680. The minimum atomic E-state index is 0.0571. The number of hydrogen-bond donors (Lipinski definition) is 1. The predicted octanol–water partition coefficient (Wildman–Crippen LogP) is 5.12. The van der Waals surface area contributed by atoms with Crippen LogP contribution in [0.15, 0.2) is 48.5 Å². The fraction of sp³-hybridized carbons (Fsp3) is 0.440. The van der Waals surface area contributed by atoms with Gasteiger partial charge < -0.3 is 10.2 Å². The van der Waals surface area contributed by atoms with Gasteiger partial charge in [0.25, 0.3) is 0 Å². The molecule has 158 valence electrons. The van der Waals surface area contributed by atoms with Gasteiger partial charge in [0.2, 0.25) is 11.8 Å². The van der Waals surface area contributed by atoms with Crippen molar-refractivity contribution < 1.29 is 9.59 Å². The van der Waals surface area contributed by atoms with E-state index in [1.165, 1.54) is 29.7 Å². The van der Waals surface area contributed by atoms with E-state index >= 15 is 0 Å². The average Bonchev–Trinajstić information content (AvgIpc) is 3.28. The first-order valence-corrected chi connectivity index (χ1v) is 11.9. The van der Waals surface area contributed by atoms with Crippen molar-refractivity contribution in [1.82, 2.24) is 10.2 Å². The summed E-state index contributed by atoms with van der Waals surface area (Å²) < 4.78 is 0. The molecule has 1 aromatic carbocycles. The third-order valence-electron chi connectivity index (χ3n) is 6.20. The zero-order chi connectivity index (χ0) is 20.8. The van der Waals surface area contributed by atoms with Crippen LogP contribution >= 0.6 is 11.3 Å². The van der Waals surface area contributed by atoms with E-state index in [9.17, 15) is 9.59 Å². The first-order valence-electron chi connectivity index (χ1n) is 11.1. The zero-order valence-corrected chi connectivity index (χ0v) is 18.2. The van der Waals surface area contributed by atoms with Crippen molar-refractivity contribution in [3.05, 3.63) is 53.4 Å². The second-order valence-electron chi connectivity index (χ2n) is 8.34. The molecule has 30 heavy (non-hydrogen) atoms. The Morgan fingerprint density at radius 1 is 0.933 bits per heavy atom. The number of piperidine rings is 1. The second-order valence-corrected chi connectivity index (χ2v) is 9.46. The van der Waals surface area contributed by atoms with Crippen molar-refractivity contribution in [2.24, 2.45) is 5.92 Å². The van der Waals surface area contributed by atoms with Crippen LogP contribution in [0.2, 0.25) is 0 Å². The number of benzene rings is 1. The zero-order valence-electron chi connectivity index (χ0n) is 17.4. The molecule has 1 N–H and O–H groups in total. The summed E-state index contributed by atoms with van der Waals surface area (Å²) in [5.74, 6) is 0.487. The molecule has 4 nitrogen and oxygen atoms in total. The minimum absolute atomic E-state index is 0.0571. The minimum Gasteiger partial charge on any atom is -0.353 e. The Bertz CT molecular complexity index is 876. The molecule has 2 aromatic rings. The molecule has 4 rings (SSSR count). The normalized spacial score (nSPS) is 18.6. The van der Waals surface area contributed by atoms with Gasteiger partial charge in [0.05, 0.1) is 0 Å². The number of nitrogens with zero attached hydrogens (tertiary/aromatic N) is 1. The summed E-state index contributed by atoms with van der Waals surface area (Å²) in [6, 6.07) is 14.7. The maximum Gasteiger partial charge on any atom is 0.246 e. The van der Waals surface area contributed by atoms with Gasteiger partial charge in [0.15, 0.2) is 0 Å².